The first-order valence-corrected chi connectivity index (χ1v) is 8.88. The molecule has 0 radical (unpaired) electrons. The minimum atomic E-state index is 0.833. The number of nitrogens with one attached hydrogen (secondary N) is 2. The molecule has 0 aliphatic carbocycles. The fourth-order valence-electron chi connectivity index (χ4n) is 2.53. The molecular formula is C17H14N4S2. The van der Waals surface area contributed by atoms with Gasteiger partial charge in [-0.3, -0.25) is 0 Å². The number of hydrogen-bond acceptors (Lipinski definition) is 4. The van der Waals surface area contributed by atoms with Crippen LogP contribution in [0.25, 0.3) is 38.9 Å². The molecule has 4 aromatic rings. The Morgan fingerprint density at radius 3 is 2.74 bits per heavy atom. The molecular weight excluding hydrogens is 324 g/mol. The van der Waals surface area contributed by atoms with Crippen LogP contribution >= 0.6 is 22.7 Å². The Labute approximate surface area is 140 Å². The van der Waals surface area contributed by atoms with E-state index in [1.54, 1.807) is 35.3 Å². The normalized spacial score (nSPS) is 13.3. The van der Waals surface area contributed by atoms with Gasteiger partial charge in [0, 0.05) is 21.9 Å². The molecule has 0 bridgehead atoms. The minimum absolute atomic E-state index is 0.833. The summed E-state index contributed by atoms with van der Waals surface area (Å²) in [5.74, 6) is 0. The predicted molar refractivity (Wildman–Crippen MR) is 98.8 cm³/mol. The third-order valence-corrected chi connectivity index (χ3v) is 5.89. The van der Waals surface area contributed by atoms with Crippen molar-refractivity contribution >= 4 is 50.3 Å². The molecule has 0 unspecified atom stereocenters. The molecule has 0 saturated heterocycles. The van der Waals surface area contributed by atoms with E-state index in [-0.39, 0.29) is 0 Å². The van der Waals surface area contributed by atoms with E-state index in [4.69, 9.17) is 0 Å². The highest BCUT2D eigenvalue weighted by Gasteiger charge is 2.14. The average molecular weight is 338 g/mol. The Morgan fingerprint density at radius 2 is 2.04 bits per heavy atom. The van der Waals surface area contributed by atoms with Crippen molar-refractivity contribution in [2.24, 2.45) is 0 Å². The first kappa shape index (κ1) is 14.2. The first-order chi connectivity index (χ1) is 11.3. The van der Waals surface area contributed by atoms with Gasteiger partial charge in [0.15, 0.2) is 0 Å². The number of aromatic nitrogens is 4. The topological polar surface area (TPSA) is 57.4 Å². The van der Waals surface area contributed by atoms with E-state index in [9.17, 15) is 0 Å². The number of aromatic amines is 2. The monoisotopic (exact) mass is 338 g/mol. The molecule has 0 saturated carbocycles. The molecule has 0 aliphatic rings. The van der Waals surface area contributed by atoms with E-state index >= 15 is 0 Å². The van der Waals surface area contributed by atoms with Crippen molar-refractivity contribution in [3.8, 4) is 11.3 Å². The van der Waals surface area contributed by atoms with E-state index < -0.39 is 0 Å². The van der Waals surface area contributed by atoms with Crippen LogP contribution in [0.2, 0.25) is 0 Å². The number of thiophene rings is 2. The number of allylic oxidation sites excluding steroid dienone is 2. The Bertz CT molecular complexity index is 1090. The molecule has 0 aromatic carbocycles. The van der Waals surface area contributed by atoms with Gasteiger partial charge in [0.1, 0.15) is 0 Å². The van der Waals surface area contributed by atoms with Gasteiger partial charge in [-0.2, -0.15) is 0 Å². The van der Waals surface area contributed by atoms with Gasteiger partial charge >= 0.3 is 0 Å². The molecule has 23 heavy (non-hydrogen) atoms. The van der Waals surface area contributed by atoms with Crippen molar-refractivity contribution in [1.29, 1.82) is 0 Å². The number of H-pyrrole nitrogens is 2. The number of nitrogens with zero attached hydrogens (tertiary/aromatic N) is 2. The predicted octanol–water partition coefficient (Wildman–Crippen LogP) is 3.37. The van der Waals surface area contributed by atoms with E-state index in [1.807, 2.05) is 13.1 Å². The maximum absolute atomic E-state index is 4.32. The van der Waals surface area contributed by atoms with Crippen LogP contribution in [0.1, 0.15) is 12.5 Å². The van der Waals surface area contributed by atoms with Gasteiger partial charge in [-0.05, 0) is 18.6 Å². The van der Waals surface area contributed by atoms with Crippen LogP contribution in [0, 0.1) is 0 Å². The van der Waals surface area contributed by atoms with Gasteiger partial charge in [0.2, 0.25) is 0 Å². The zero-order valence-electron chi connectivity index (χ0n) is 12.5. The summed E-state index contributed by atoms with van der Waals surface area (Å²) in [6, 6.07) is 0. The van der Waals surface area contributed by atoms with Crippen molar-refractivity contribution < 1.29 is 0 Å². The quantitative estimate of drug-likeness (QED) is 0.602. The first-order valence-electron chi connectivity index (χ1n) is 7.12. The molecule has 4 aromatic heterocycles. The van der Waals surface area contributed by atoms with Crippen LogP contribution in [0.15, 0.2) is 35.7 Å². The van der Waals surface area contributed by atoms with Crippen LogP contribution in [-0.2, 0) is 0 Å². The van der Waals surface area contributed by atoms with Crippen molar-refractivity contribution in [2.45, 2.75) is 6.92 Å². The van der Waals surface area contributed by atoms with Gasteiger partial charge in [-0.1, -0.05) is 12.7 Å². The SMILES string of the molecule is C=c1[nH]cn/c1=C/C(=C\C)c1csc2c(-c3cnc[nH]3)csc12. The summed E-state index contributed by atoms with van der Waals surface area (Å²) in [5, 5.41) is 6.11. The van der Waals surface area contributed by atoms with E-state index in [0.717, 1.165) is 22.0 Å². The van der Waals surface area contributed by atoms with Crippen molar-refractivity contribution in [3.05, 3.63) is 51.9 Å². The van der Waals surface area contributed by atoms with Crippen molar-refractivity contribution in [2.75, 3.05) is 0 Å². The van der Waals surface area contributed by atoms with E-state index in [1.165, 1.54) is 20.5 Å². The van der Waals surface area contributed by atoms with Crippen molar-refractivity contribution in [3.63, 3.8) is 0 Å². The molecule has 114 valence electrons. The minimum Gasteiger partial charge on any atom is -0.345 e. The van der Waals surface area contributed by atoms with E-state index in [0.29, 0.717) is 0 Å². The molecule has 0 atom stereocenters. The fourth-order valence-corrected chi connectivity index (χ4v) is 4.97. The third-order valence-electron chi connectivity index (χ3n) is 3.74. The van der Waals surface area contributed by atoms with E-state index in [2.05, 4.69) is 49.4 Å². The molecule has 4 rings (SSSR count). The molecule has 4 heterocycles. The highest BCUT2D eigenvalue weighted by Crippen LogP contribution is 2.41. The molecule has 0 amide bonds. The molecule has 4 nitrogen and oxygen atoms in total. The Kier molecular flexibility index (Phi) is 3.48. The number of hydrogen-bond donors (Lipinski definition) is 2. The summed E-state index contributed by atoms with van der Waals surface area (Å²) < 4.78 is 2.59. The van der Waals surface area contributed by atoms with Crippen LogP contribution < -0.4 is 10.7 Å². The summed E-state index contributed by atoms with van der Waals surface area (Å²) in [5.41, 5.74) is 4.67. The Hall–Kier alpha value is -2.44. The smallest absolute Gasteiger partial charge is 0.0931 e. The molecule has 6 heteroatoms. The van der Waals surface area contributed by atoms with Gasteiger partial charge in [0.25, 0.3) is 0 Å². The third kappa shape index (κ3) is 2.36. The molecule has 0 fully saturated rings. The summed E-state index contributed by atoms with van der Waals surface area (Å²) in [7, 11) is 0. The van der Waals surface area contributed by atoms with Crippen LogP contribution in [0.4, 0.5) is 0 Å². The Morgan fingerprint density at radius 1 is 1.17 bits per heavy atom. The zero-order chi connectivity index (χ0) is 15.8. The maximum Gasteiger partial charge on any atom is 0.0931 e. The van der Waals surface area contributed by atoms with Crippen LogP contribution in [-0.4, -0.2) is 19.9 Å². The zero-order valence-corrected chi connectivity index (χ0v) is 14.1. The lowest BCUT2D eigenvalue weighted by atomic mass is 10.1. The van der Waals surface area contributed by atoms with Gasteiger partial charge in [0.05, 0.1) is 44.6 Å². The fraction of sp³-hybridized carbons (Fsp3) is 0.0588. The number of fused-ring (bicyclic) bond motifs is 1. The number of rotatable bonds is 3. The highest BCUT2D eigenvalue weighted by molar-refractivity contribution is 7.27. The summed E-state index contributed by atoms with van der Waals surface area (Å²) >= 11 is 3.53. The van der Waals surface area contributed by atoms with Crippen LogP contribution in [0.3, 0.4) is 0 Å². The lowest BCUT2D eigenvalue weighted by molar-refractivity contribution is 1.29. The Balaban J connectivity index is 1.87. The summed E-state index contributed by atoms with van der Waals surface area (Å²) in [6.45, 7) is 6.02. The molecule has 0 spiro atoms. The van der Waals surface area contributed by atoms with Gasteiger partial charge in [-0.15, -0.1) is 22.7 Å². The van der Waals surface area contributed by atoms with Gasteiger partial charge < -0.3 is 9.97 Å². The lowest BCUT2D eigenvalue weighted by Crippen LogP contribution is -2.22. The highest BCUT2D eigenvalue weighted by atomic mass is 32.1. The standard InChI is InChI=1S/C17H14N4S2/c1-3-11(4-14-10(2)19-9-21-14)12-6-22-17-13(7-23-16(12)17)15-5-18-8-20-15/h3-9H,2H2,1H3,(H,18,20)(H,19,21)/b11-3+,14-4+. The molecule has 2 N–H and O–H groups in total. The molecule has 0 aliphatic heterocycles. The van der Waals surface area contributed by atoms with Crippen LogP contribution in [0.5, 0.6) is 0 Å². The van der Waals surface area contributed by atoms with Gasteiger partial charge in [-0.25, -0.2) is 9.97 Å². The number of imidazole rings is 2. The second-order valence-electron chi connectivity index (χ2n) is 5.08. The largest absolute Gasteiger partial charge is 0.345 e. The lowest BCUT2D eigenvalue weighted by Gasteiger charge is -1.97. The second-order valence-corrected chi connectivity index (χ2v) is 6.84. The second kappa shape index (κ2) is 5.64. The average Bonchev–Trinajstić information content (AvgIpc) is 3.30. The summed E-state index contributed by atoms with van der Waals surface area (Å²) in [6.07, 6.45) is 9.45. The summed E-state index contributed by atoms with van der Waals surface area (Å²) in [4.78, 5) is 14.6. The maximum atomic E-state index is 4.32. The van der Waals surface area contributed by atoms with Crippen molar-refractivity contribution in [1.82, 2.24) is 19.9 Å².